The van der Waals surface area contributed by atoms with Gasteiger partial charge in [0.1, 0.15) is 0 Å². The Kier molecular flexibility index (Phi) is 8.82. The number of benzene rings is 1. The number of para-hydroxylation sites is 1. The minimum absolute atomic E-state index is 0. The SMILES string of the molecule is CCCN1CCC(CNC(=NC)NCC2CC(=O)Nc3ccccc32)C1.I. The highest BCUT2D eigenvalue weighted by molar-refractivity contribution is 14.0. The summed E-state index contributed by atoms with van der Waals surface area (Å²) in [7, 11) is 1.80. The van der Waals surface area contributed by atoms with Gasteiger partial charge < -0.3 is 20.9 Å². The summed E-state index contributed by atoms with van der Waals surface area (Å²) in [4.78, 5) is 18.8. The van der Waals surface area contributed by atoms with Crippen molar-refractivity contribution in [1.82, 2.24) is 15.5 Å². The fourth-order valence-electron chi connectivity index (χ4n) is 3.96. The molecule has 1 saturated heterocycles. The molecule has 2 aliphatic rings. The molecule has 0 aliphatic carbocycles. The maximum Gasteiger partial charge on any atom is 0.225 e. The number of anilines is 1. The summed E-state index contributed by atoms with van der Waals surface area (Å²) >= 11 is 0. The Hall–Kier alpha value is -1.35. The van der Waals surface area contributed by atoms with Gasteiger partial charge in [0.25, 0.3) is 0 Å². The average Bonchev–Trinajstić information content (AvgIpc) is 3.09. The normalized spacial score (nSPS) is 22.6. The van der Waals surface area contributed by atoms with E-state index in [0.717, 1.165) is 18.2 Å². The largest absolute Gasteiger partial charge is 0.356 e. The van der Waals surface area contributed by atoms with Gasteiger partial charge >= 0.3 is 0 Å². The van der Waals surface area contributed by atoms with E-state index in [1.54, 1.807) is 7.05 Å². The summed E-state index contributed by atoms with van der Waals surface area (Å²) in [5, 5.41) is 9.82. The van der Waals surface area contributed by atoms with Crippen LogP contribution in [0, 0.1) is 5.92 Å². The lowest BCUT2D eigenvalue weighted by Gasteiger charge is -2.26. The first-order valence-corrected chi connectivity index (χ1v) is 9.75. The van der Waals surface area contributed by atoms with Crippen LogP contribution in [0.1, 0.15) is 37.7 Å². The Morgan fingerprint density at radius 3 is 2.85 bits per heavy atom. The maximum absolute atomic E-state index is 11.9. The summed E-state index contributed by atoms with van der Waals surface area (Å²) in [5.41, 5.74) is 2.13. The predicted molar refractivity (Wildman–Crippen MR) is 122 cm³/mol. The molecule has 3 N–H and O–H groups in total. The van der Waals surface area contributed by atoms with Gasteiger partial charge in [-0.3, -0.25) is 9.79 Å². The summed E-state index contributed by atoms with van der Waals surface area (Å²) in [5.74, 6) is 1.76. The molecule has 0 spiro atoms. The Morgan fingerprint density at radius 1 is 1.30 bits per heavy atom. The number of likely N-dealkylation sites (tertiary alicyclic amines) is 1. The molecule has 0 saturated carbocycles. The van der Waals surface area contributed by atoms with Crippen molar-refractivity contribution in [3.63, 3.8) is 0 Å². The Bertz CT molecular complexity index is 651. The van der Waals surface area contributed by atoms with Gasteiger partial charge in [-0.15, -0.1) is 24.0 Å². The van der Waals surface area contributed by atoms with Crippen LogP contribution in [0.5, 0.6) is 0 Å². The van der Waals surface area contributed by atoms with Gasteiger partial charge in [0, 0.05) is 44.7 Å². The standard InChI is InChI=1S/C20H31N5O.HI/c1-3-9-25-10-8-15(14-25)12-22-20(21-2)23-13-16-11-19(26)24-18-7-5-4-6-17(16)18;/h4-7,15-16H,3,8-14H2,1-2H3,(H,24,26)(H2,21,22,23);1H. The quantitative estimate of drug-likeness (QED) is 0.329. The van der Waals surface area contributed by atoms with Crippen LogP contribution >= 0.6 is 24.0 Å². The Morgan fingerprint density at radius 2 is 2.07 bits per heavy atom. The van der Waals surface area contributed by atoms with Gasteiger partial charge in [-0.25, -0.2) is 0 Å². The van der Waals surface area contributed by atoms with Gasteiger partial charge in [0.15, 0.2) is 5.96 Å². The molecule has 2 aliphatic heterocycles. The van der Waals surface area contributed by atoms with Crippen molar-refractivity contribution in [2.45, 2.75) is 32.1 Å². The van der Waals surface area contributed by atoms with Gasteiger partial charge in [-0.05, 0) is 43.5 Å². The second-order valence-electron chi connectivity index (χ2n) is 7.33. The molecule has 1 aromatic rings. The fourth-order valence-corrected chi connectivity index (χ4v) is 3.96. The fraction of sp³-hybridized carbons (Fsp3) is 0.600. The van der Waals surface area contributed by atoms with Crippen LogP contribution in [-0.2, 0) is 4.79 Å². The predicted octanol–water partition coefficient (Wildman–Crippen LogP) is 2.63. The minimum atomic E-state index is 0. The second kappa shape index (κ2) is 10.8. The lowest BCUT2D eigenvalue weighted by Crippen LogP contribution is -2.42. The monoisotopic (exact) mass is 485 g/mol. The molecule has 0 radical (unpaired) electrons. The smallest absolute Gasteiger partial charge is 0.225 e. The molecule has 0 bridgehead atoms. The first-order valence-electron chi connectivity index (χ1n) is 9.75. The number of fused-ring (bicyclic) bond motifs is 1. The van der Waals surface area contributed by atoms with Crippen LogP contribution in [-0.4, -0.2) is 56.5 Å². The molecule has 7 heteroatoms. The third-order valence-electron chi connectivity index (χ3n) is 5.31. The van der Waals surface area contributed by atoms with E-state index in [2.05, 4.69) is 38.8 Å². The van der Waals surface area contributed by atoms with Crippen molar-refractivity contribution in [2.24, 2.45) is 10.9 Å². The molecule has 1 amide bonds. The number of guanidine groups is 1. The van der Waals surface area contributed by atoms with E-state index >= 15 is 0 Å². The molecule has 3 rings (SSSR count). The van der Waals surface area contributed by atoms with Crippen LogP contribution < -0.4 is 16.0 Å². The molecule has 1 aromatic carbocycles. The van der Waals surface area contributed by atoms with Crippen molar-refractivity contribution >= 4 is 41.5 Å². The van der Waals surface area contributed by atoms with E-state index in [1.165, 1.54) is 38.0 Å². The summed E-state index contributed by atoms with van der Waals surface area (Å²) < 4.78 is 0. The van der Waals surface area contributed by atoms with E-state index in [9.17, 15) is 4.79 Å². The summed E-state index contributed by atoms with van der Waals surface area (Å²) in [6.45, 7) is 7.47. The Labute approximate surface area is 179 Å². The topological polar surface area (TPSA) is 68.8 Å². The average molecular weight is 485 g/mol. The zero-order valence-electron chi connectivity index (χ0n) is 16.3. The van der Waals surface area contributed by atoms with Gasteiger partial charge in [0.05, 0.1) is 0 Å². The number of nitrogens with zero attached hydrogens (tertiary/aromatic N) is 2. The molecule has 1 fully saturated rings. The number of aliphatic imine (C=N–C) groups is 1. The van der Waals surface area contributed by atoms with Crippen molar-refractivity contribution in [2.75, 3.05) is 45.1 Å². The van der Waals surface area contributed by atoms with Crippen molar-refractivity contribution in [3.05, 3.63) is 29.8 Å². The second-order valence-corrected chi connectivity index (χ2v) is 7.33. The van der Waals surface area contributed by atoms with Gasteiger partial charge in [-0.1, -0.05) is 25.1 Å². The van der Waals surface area contributed by atoms with Gasteiger partial charge in [0.2, 0.25) is 5.91 Å². The summed E-state index contributed by atoms with van der Waals surface area (Å²) in [6.07, 6.45) is 2.98. The summed E-state index contributed by atoms with van der Waals surface area (Å²) in [6, 6.07) is 8.05. The van der Waals surface area contributed by atoms with Crippen molar-refractivity contribution < 1.29 is 4.79 Å². The number of amides is 1. The molecule has 6 nitrogen and oxygen atoms in total. The van der Waals surface area contributed by atoms with E-state index in [1.807, 2.05) is 18.2 Å². The Balaban J connectivity index is 0.00000261. The zero-order valence-corrected chi connectivity index (χ0v) is 18.7. The highest BCUT2D eigenvalue weighted by atomic mass is 127. The number of carbonyl (C=O) groups is 1. The lowest BCUT2D eigenvalue weighted by molar-refractivity contribution is -0.116. The lowest BCUT2D eigenvalue weighted by atomic mass is 9.90. The molecule has 2 heterocycles. The molecule has 2 atom stereocenters. The van der Waals surface area contributed by atoms with Crippen molar-refractivity contribution in [3.8, 4) is 0 Å². The van der Waals surface area contributed by atoms with E-state index in [-0.39, 0.29) is 35.8 Å². The van der Waals surface area contributed by atoms with Crippen LogP contribution in [0.25, 0.3) is 0 Å². The third kappa shape index (κ3) is 6.07. The van der Waals surface area contributed by atoms with Crippen LogP contribution in [0.4, 0.5) is 5.69 Å². The molecular weight excluding hydrogens is 453 g/mol. The highest BCUT2D eigenvalue weighted by Gasteiger charge is 2.25. The van der Waals surface area contributed by atoms with Crippen LogP contribution in [0.3, 0.4) is 0 Å². The first kappa shape index (κ1) is 21.9. The number of carbonyl (C=O) groups excluding carboxylic acids is 1. The third-order valence-corrected chi connectivity index (χ3v) is 5.31. The maximum atomic E-state index is 11.9. The molecular formula is C20H32IN5O. The highest BCUT2D eigenvalue weighted by Crippen LogP contribution is 2.31. The molecule has 2 unspecified atom stereocenters. The number of hydrogen-bond acceptors (Lipinski definition) is 3. The van der Waals surface area contributed by atoms with Crippen LogP contribution in [0.2, 0.25) is 0 Å². The number of halogens is 1. The molecule has 0 aromatic heterocycles. The number of hydrogen-bond donors (Lipinski definition) is 3. The molecule has 27 heavy (non-hydrogen) atoms. The van der Waals surface area contributed by atoms with E-state index < -0.39 is 0 Å². The van der Waals surface area contributed by atoms with Crippen molar-refractivity contribution in [1.29, 1.82) is 0 Å². The number of rotatable bonds is 6. The molecule has 150 valence electrons. The zero-order chi connectivity index (χ0) is 18.4. The first-order chi connectivity index (χ1) is 12.7. The van der Waals surface area contributed by atoms with E-state index in [4.69, 9.17) is 0 Å². The van der Waals surface area contributed by atoms with E-state index in [0.29, 0.717) is 18.9 Å². The van der Waals surface area contributed by atoms with Crippen LogP contribution in [0.15, 0.2) is 29.3 Å². The van der Waals surface area contributed by atoms with Gasteiger partial charge in [-0.2, -0.15) is 0 Å². The number of nitrogens with one attached hydrogen (secondary N) is 3. The minimum Gasteiger partial charge on any atom is -0.356 e.